The van der Waals surface area contributed by atoms with Crippen molar-refractivity contribution < 1.29 is 0 Å². The number of para-hydroxylation sites is 4. The molecule has 0 fully saturated rings. The fourth-order valence-corrected chi connectivity index (χ4v) is 9.17. The smallest absolute Gasteiger partial charge is 0.0547 e. The summed E-state index contributed by atoms with van der Waals surface area (Å²) in [5.74, 6) is 0. The maximum Gasteiger partial charge on any atom is 0.0547 e. The summed E-state index contributed by atoms with van der Waals surface area (Å²) in [7, 11) is 0. The molecular formula is C52H33N3. The van der Waals surface area contributed by atoms with Gasteiger partial charge in [0.15, 0.2) is 0 Å². The number of H-pyrrole nitrogens is 1. The minimum atomic E-state index is 1.16. The first-order valence-corrected chi connectivity index (χ1v) is 18.9. The second kappa shape index (κ2) is 11.6. The van der Waals surface area contributed by atoms with Crippen LogP contribution in [0.1, 0.15) is 0 Å². The SMILES string of the molecule is c1ccc(-n2c3ccccc3c3cc(-c4ccc5c6ccccc6n(-c6ccc(-c7ccc8c(c7)[nH]c7ccccc78)c7ccccc67)c5c4)ccc32)cc1. The van der Waals surface area contributed by atoms with Gasteiger partial charge in [0.2, 0.25) is 0 Å². The average molecular weight is 700 g/mol. The summed E-state index contributed by atoms with van der Waals surface area (Å²) in [4.78, 5) is 3.65. The van der Waals surface area contributed by atoms with Crippen molar-refractivity contribution in [2.75, 3.05) is 0 Å². The number of rotatable bonds is 4. The zero-order valence-corrected chi connectivity index (χ0v) is 29.9. The quantitative estimate of drug-likeness (QED) is 0.189. The Kier molecular flexibility index (Phi) is 6.34. The van der Waals surface area contributed by atoms with Gasteiger partial charge < -0.3 is 14.1 Å². The minimum absolute atomic E-state index is 1.16. The summed E-state index contributed by atoms with van der Waals surface area (Å²) in [5.41, 5.74) is 14.3. The number of hydrogen-bond donors (Lipinski definition) is 1. The van der Waals surface area contributed by atoms with Gasteiger partial charge in [-0.1, -0.05) is 133 Å². The molecule has 1 N–H and O–H groups in total. The van der Waals surface area contributed by atoms with Crippen molar-refractivity contribution in [1.29, 1.82) is 0 Å². The molecule has 12 rings (SSSR count). The monoisotopic (exact) mass is 699 g/mol. The summed E-state index contributed by atoms with van der Waals surface area (Å²) >= 11 is 0. The highest BCUT2D eigenvalue weighted by Crippen LogP contribution is 2.41. The molecule has 0 atom stereocenters. The maximum atomic E-state index is 3.65. The van der Waals surface area contributed by atoms with Gasteiger partial charge in [-0.2, -0.15) is 0 Å². The summed E-state index contributed by atoms with van der Waals surface area (Å²) < 4.78 is 4.85. The van der Waals surface area contributed by atoms with Gasteiger partial charge in [-0.05, 0) is 88.3 Å². The molecule has 0 aliphatic heterocycles. The van der Waals surface area contributed by atoms with Crippen molar-refractivity contribution >= 4 is 76.2 Å². The molecule has 0 amide bonds. The van der Waals surface area contributed by atoms with Crippen LogP contribution in [0.25, 0.3) is 110 Å². The molecule has 256 valence electrons. The molecule has 3 heteroatoms. The van der Waals surface area contributed by atoms with Crippen molar-refractivity contribution in [1.82, 2.24) is 14.1 Å². The number of nitrogens with one attached hydrogen (secondary N) is 1. The Morgan fingerprint density at radius 3 is 1.69 bits per heavy atom. The van der Waals surface area contributed by atoms with E-state index in [2.05, 4.69) is 208 Å². The van der Waals surface area contributed by atoms with E-state index >= 15 is 0 Å². The number of aromatic nitrogens is 3. The first-order valence-electron chi connectivity index (χ1n) is 18.9. The van der Waals surface area contributed by atoms with Gasteiger partial charge in [0.05, 0.1) is 27.8 Å². The van der Waals surface area contributed by atoms with Crippen LogP contribution in [-0.2, 0) is 0 Å². The van der Waals surface area contributed by atoms with Gasteiger partial charge in [-0.15, -0.1) is 0 Å². The first kappa shape index (κ1) is 30.1. The van der Waals surface area contributed by atoms with Crippen LogP contribution in [0, 0.1) is 0 Å². The highest BCUT2D eigenvalue weighted by Gasteiger charge is 2.18. The number of aromatic amines is 1. The Hall–Kier alpha value is -7.36. The molecule has 0 aliphatic carbocycles. The van der Waals surface area contributed by atoms with Crippen LogP contribution < -0.4 is 0 Å². The summed E-state index contributed by atoms with van der Waals surface area (Å²) in [6.07, 6.45) is 0. The molecule has 3 aromatic heterocycles. The van der Waals surface area contributed by atoms with E-state index in [1.807, 2.05) is 0 Å². The number of benzene rings is 9. The molecule has 0 saturated carbocycles. The largest absolute Gasteiger partial charge is 0.354 e. The van der Waals surface area contributed by atoms with Gasteiger partial charge >= 0.3 is 0 Å². The zero-order chi connectivity index (χ0) is 36.0. The lowest BCUT2D eigenvalue weighted by atomic mass is 9.96. The van der Waals surface area contributed by atoms with E-state index in [-0.39, 0.29) is 0 Å². The second-order valence-electron chi connectivity index (χ2n) is 14.6. The van der Waals surface area contributed by atoms with Crippen LogP contribution in [0.15, 0.2) is 194 Å². The summed E-state index contributed by atoms with van der Waals surface area (Å²) in [6.45, 7) is 0. The van der Waals surface area contributed by atoms with E-state index in [0.717, 1.165) is 5.52 Å². The van der Waals surface area contributed by atoms with Crippen molar-refractivity contribution in [2.24, 2.45) is 0 Å². The van der Waals surface area contributed by atoms with Crippen molar-refractivity contribution in [3.05, 3.63) is 194 Å². The van der Waals surface area contributed by atoms with Gasteiger partial charge in [-0.25, -0.2) is 0 Å². The third kappa shape index (κ3) is 4.44. The van der Waals surface area contributed by atoms with Crippen molar-refractivity contribution in [3.63, 3.8) is 0 Å². The fraction of sp³-hybridized carbons (Fsp3) is 0. The topological polar surface area (TPSA) is 25.6 Å². The molecule has 0 unspecified atom stereocenters. The molecule has 3 nitrogen and oxygen atoms in total. The Bertz CT molecular complexity index is 3490. The highest BCUT2D eigenvalue weighted by molar-refractivity contribution is 6.14. The first-order chi connectivity index (χ1) is 27.3. The van der Waals surface area contributed by atoms with Crippen LogP contribution in [0.2, 0.25) is 0 Å². The molecule has 0 bridgehead atoms. The zero-order valence-electron chi connectivity index (χ0n) is 29.9. The third-order valence-corrected chi connectivity index (χ3v) is 11.7. The van der Waals surface area contributed by atoms with Crippen LogP contribution in [0.4, 0.5) is 0 Å². The van der Waals surface area contributed by atoms with Crippen molar-refractivity contribution in [2.45, 2.75) is 0 Å². The Balaban J connectivity index is 1.05. The van der Waals surface area contributed by atoms with Crippen LogP contribution >= 0.6 is 0 Å². The van der Waals surface area contributed by atoms with E-state index in [1.165, 1.54) is 104 Å². The molecule has 0 aliphatic rings. The van der Waals surface area contributed by atoms with Crippen LogP contribution in [0.5, 0.6) is 0 Å². The standard InChI is InChI=1S/C52H33N3/c1-2-12-36(13-3-1)54-48-20-10-8-18-43(48)45-30-33(24-28-51(45)54)34-22-26-44-42-17-7-11-21-49(42)55(52(44)32-34)50-29-27-37(38-14-4-5-16-41(38)50)35-23-25-40-39-15-6-9-19-46(39)53-47(40)31-35/h1-32,53H. The number of hydrogen-bond acceptors (Lipinski definition) is 0. The van der Waals surface area contributed by atoms with E-state index in [1.54, 1.807) is 0 Å². The molecule has 0 radical (unpaired) electrons. The normalized spacial score (nSPS) is 12.0. The van der Waals surface area contributed by atoms with Gasteiger partial charge in [0, 0.05) is 54.4 Å². The molecule has 9 aromatic carbocycles. The average Bonchev–Trinajstić information content (AvgIpc) is 3.90. The second-order valence-corrected chi connectivity index (χ2v) is 14.6. The van der Waals surface area contributed by atoms with Crippen LogP contribution in [0.3, 0.4) is 0 Å². The molecule has 0 saturated heterocycles. The Morgan fingerprint density at radius 1 is 0.291 bits per heavy atom. The van der Waals surface area contributed by atoms with E-state index in [0.29, 0.717) is 0 Å². The Morgan fingerprint density at radius 2 is 0.855 bits per heavy atom. The highest BCUT2D eigenvalue weighted by atomic mass is 15.0. The van der Waals surface area contributed by atoms with Gasteiger partial charge in [0.25, 0.3) is 0 Å². The summed E-state index contributed by atoms with van der Waals surface area (Å²) in [6, 6.07) is 71.0. The minimum Gasteiger partial charge on any atom is -0.354 e. The lowest BCUT2D eigenvalue weighted by Gasteiger charge is -2.15. The van der Waals surface area contributed by atoms with Gasteiger partial charge in [0.1, 0.15) is 0 Å². The van der Waals surface area contributed by atoms with Crippen molar-refractivity contribution in [3.8, 4) is 33.6 Å². The molecule has 0 spiro atoms. The van der Waals surface area contributed by atoms with E-state index in [9.17, 15) is 0 Å². The predicted molar refractivity (Wildman–Crippen MR) is 233 cm³/mol. The van der Waals surface area contributed by atoms with E-state index < -0.39 is 0 Å². The fourth-order valence-electron chi connectivity index (χ4n) is 9.17. The lowest BCUT2D eigenvalue weighted by molar-refractivity contribution is 1.18. The number of nitrogens with zero attached hydrogens (tertiary/aromatic N) is 2. The third-order valence-electron chi connectivity index (χ3n) is 11.7. The van der Waals surface area contributed by atoms with E-state index in [4.69, 9.17) is 0 Å². The molecule has 55 heavy (non-hydrogen) atoms. The lowest BCUT2D eigenvalue weighted by Crippen LogP contribution is -1.96. The maximum absolute atomic E-state index is 3.65. The predicted octanol–water partition coefficient (Wildman–Crippen LogP) is 14.0. The molecule has 12 aromatic rings. The summed E-state index contributed by atoms with van der Waals surface area (Å²) in [5, 5.41) is 9.98. The molecule has 3 heterocycles. The van der Waals surface area contributed by atoms with Crippen LogP contribution in [-0.4, -0.2) is 14.1 Å². The Labute approximate surface area is 316 Å². The van der Waals surface area contributed by atoms with Gasteiger partial charge in [-0.3, -0.25) is 0 Å². The molecular weight excluding hydrogens is 667 g/mol. The number of fused-ring (bicyclic) bond motifs is 10.